The molecular formula is C6H9BrN2. The molecule has 0 aliphatic rings. The number of imidazole rings is 1. The van der Waals surface area contributed by atoms with Crippen LogP contribution in [0.5, 0.6) is 0 Å². The van der Waals surface area contributed by atoms with Crippen LogP contribution in [0.25, 0.3) is 0 Å². The van der Waals surface area contributed by atoms with Crippen LogP contribution in [0.3, 0.4) is 0 Å². The summed E-state index contributed by atoms with van der Waals surface area (Å²) in [5.74, 6) is -3.46. The van der Waals surface area contributed by atoms with Crippen LogP contribution in [-0.4, -0.2) is 9.97 Å². The highest BCUT2D eigenvalue weighted by Gasteiger charge is 2.00. The second kappa shape index (κ2) is 2.52. The van der Waals surface area contributed by atoms with E-state index in [9.17, 15) is 0 Å². The van der Waals surface area contributed by atoms with Crippen molar-refractivity contribution in [2.24, 2.45) is 0 Å². The van der Waals surface area contributed by atoms with Gasteiger partial charge in [0.25, 0.3) is 0 Å². The van der Waals surface area contributed by atoms with Crippen molar-refractivity contribution in [2.75, 3.05) is 0 Å². The molecule has 2 nitrogen and oxygen atoms in total. The van der Waals surface area contributed by atoms with E-state index in [4.69, 9.17) is 11.0 Å². The fourth-order valence-electron chi connectivity index (χ4n) is 0.383. The maximum Gasteiger partial charge on any atom is 0.109 e. The monoisotopic (exact) mass is 196 g/mol. The van der Waals surface area contributed by atoms with Gasteiger partial charge in [-0.3, -0.25) is 0 Å². The number of hydrogen-bond acceptors (Lipinski definition) is 1. The van der Waals surface area contributed by atoms with E-state index in [1.807, 2.05) is 0 Å². The molecule has 50 valence electrons. The number of nitrogens with one attached hydrogen (secondary N) is 1. The lowest BCUT2D eigenvalue weighted by atomic mass is 10.2. The molecule has 1 aromatic rings. The van der Waals surface area contributed by atoms with E-state index in [1.54, 1.807) is 0 Å². The summed E-state index contributed by atoms with van der Waals surface area (Å²) in [6, 6.07) is 0. The largest absolute Gasteiger partial charge is 0.337 e. The summed E-state index contributed by atoms with van der Waals surface area (Å²) in [5, 5.41) is 0. The number of H-pyrrole nitrogens is 1. The molecule has 1 heterocycles. The predicted octanol–water partition coefficient (Wildman–Crippen LogP) is 2.30. The Morgan fingerprint density at radius 2 is 2.89 bits per heavy atom. The summed E-state index contributed by atoms with van der Waals surface area (Å²) < 4.78 is 58.3. The highest BCUT2D eigenvalue weighted by molar-refractivity contribution is 9.10. The number of halogens is 1. The second-order valence-corrected chi connectivity index (χ2v) is 2.18. The summed E-state index contributed by atoms with van der Waals surface area (Å²) in [6.07, 6.45) is -0.342. The van der Waals surface area contributed by atoms with Crippen LogP contribution in [0.2, 0.25) is 0 Å². The summed E-state index contributed by atoms with van der Waals surface area (Å²) in [4.78, 5) is 5.78. The van der Waals surface area contributed by atoms with E-state index in [-0.39, 0.29) is 10.8 Å². The minimum Gasteiger partial charge on any atom is -0.337 e. The first-order valence-corrected chi connectivity index (χ1v) is 2.93. The van der Waals surface area contributed by atoms with E-state index >= 15 is 0 Å². The van der Waals surface area contributed by atoms with Gasteiger partial charge in [0.2, 0.25) is 0 Å². The fraction of sp³-hybridized carbons (Fsp3) is 0.500. The van der Waals surface area contributed by atoms with Gasteiger partial charge >= 0.3 is 0 Å². The Kier molecular flexibility index (Phi) is 0.516. The minimum absolute atomic E-state index is 0.0395. The molecule has 0 amide bonds. The van der Waals surface area contributed by atoms with Crippen LogP contribution >= 0.6 is 15.9 Å². The van der Waals surface area contributed by atoms with Gasteiger partial charge < -0.3 is 4.98 Å². The van der Waals surface area contributed by atoms with Gasteiger partial charge in [-0.05, 0) is 15.9 Å². The average molecular weight is 197 g/mol. The zero-order chi connectivity index (χ0) is 13.6. The van der Waals surface area contributed by atoms with Crippen LogP contribution in [0.1, 0.15) is 36.4 Å². The summed E-state index contributed by atoms with van der Waals surface area (Å²) in [6.45, 7) is -6.19. The Morgan fingerprint density at radius 1 is 2.11 bits per heavy atom. The molecule has 1 N–H and O–H groups in total. The van der Waals surface area contributed by atoms with Gasteiger partial charge in [0.05, 0.1) is 7.54 Å². The third-order valence-electron chi connectivity index (χ3n) is 0.731. The summed E-state index contributed by atoms with van der Waals surface area (Å²) in [7, 11) is 0. The Morgan fingerprint density at radius 3 is 3.33 bits per heavy atom. The van der Waals surface area contributed by atoms with E-state index in [0.29, 0.717) is 0 Å². The lowest BCUT2D eigenvalue weighted by Gasteiger charge is -1.95. The first-order chi connectivity index (χ1) is 7.41. The van der Waals surface area contributed by atoms with Crippen molar-refractivity contribution in [2.45, 2.75) is 19.6 Å². The Hall–Kier alpha value is -0.310. The minimum atomic E-state index is -3.10. The number of nitrogens with zero attached hydrogens (tertiary/aromatic N) is 1. The molecule has 9 heavy (non-hydrogen) atoms. The molecule has 0 aliphatic carbocycles. The number of aromatic amines is 1. The third kappa shape index (κ3) is 1.55. The van der Waals surface area contributed by atoms with Crippen LogP contribution in [0, 0.1) is 0 Å². The Balaban J connectivity index is 3.46. The first-order valence-electron chi connectivity index (χ1n) is 6.14. The first kappa shape index (κ1) is 1.84. The third-order valence-corrected chi connectivity index (χ3v) is 1.11. The van der Waals surface area contributed by atoms with Crippen molar-refractivity contribution in [1.82, 2.24) is 9.97 Å². The predicted molar refractivity (Wildman–Crippen MR) is 40.4 cm³/mol. The van der Waals surface area contributed by atoms with Gasteiger partial charge in [-0.2, -0.15) is 0 Å². The molecule has 0 aliphatic heterocycles. The lowest BCUT2D eigenvalue weighted by molar-refractivity contribution is 0.793. The molecule has 0 aromatic carbocycles. The number of hydrogen-bond donors (Lipinski definition) is 1. The average Bonchev–Trinajstić information content (AvgIpc) is 2.41. The normalized spacial score (nSPS) is 27.7. The SMILES string of the molecule is [2H]c1nc(C([2H])(C([2H])([2H])[2H])C([2H])([2H])[2H])[nH]c1Br. The molecule has 1 rings (SSSR count). The van der Waals surface area contributed by atoms with E-state index in [2.05, 4.69) is 25.9 Å². The maximum atomic E-state index is 7.75. The van der Waals surface area contributed by atoms with Crippen LogP contribution in [-0.2, 0) is 0 Å². The molecule has 0 unspecified atom stereocenters. The van der Waals surface area contributed by atoms with E-state index in [0.717, 1.165) is 0 Å². The smallest absolute Gasteiger partial charge is 0.109 e. The Labute approximate surface area is 74.1 Å². The topological polar surface area (TPSA) is 28.7 Å². The van der Waals surface area contributed by atoms with Gasteiger partial charge in [0, 0.05) is 15.5 Å². The van der Waals surface area contributed by atoms with Crippen LogP contribution in [0.15, 0.2) is 10.8 Å². The Bertz CT molecular complexity index is 385. The molecular weight excluding hydrogens is 180 g/mol. The maximum absolute atomic E-state index is 7.75. The molecule has 0 fully saturated rings. The summed E-state index contributed by atoms with van der Waals surface area (Å²) >= 11 is 2.89. The fourth-order valence-corrected chi connectivity index (χ4v) is 0.660. The van der Waals surface area contributed by atoms with Gasteiger partial charge in [0.1, 0.15) is 10.4 Å². The number of aromatic nitrogens is 2. The van der Waals surface area contributed by atoms with E-state index < -0.39 is 25.4 Å². The van der Waals surface area contributed by atoms with Crippen molar-refractivity contribution in [3.63, 3.8) is 0 Å². The lowest BCUT2D eigenvalue weighted by Crippen LogP contribution is -1.88. The van der Waals surface area contributed by atoms with Gasteiger partial charge in [0.15, 0.2) is 0 Å². The van der Waals surface area contributed by atoms with Gasteiger partial charge in [-0.25, -0.2) is 4.98 Å². The van der Waals surface area contributed by atoms with Gasteiger partial charge in [-0.15, -0.1) is 0 Å². The quantitative estimate of drug-likeness (QED) is 0.735. The van der Waals surface area contributed by atoms with Crippen molar-refractivity contribution in [3.05, 3.63) is 16.6 Å². The number of rotatable bonds is 1. The zero-order valence-corrected chi connectivity index (χ0v) is 5.91. The summed E-state index contributed by atoms with van der Waals surface area (Å²) in [5.41, 5.74) is 0. The van der Waals surface area contributed by atoms with Gasteiger partial charge in [-0.1, -0.05) is 13.7 Å². The molecule has 0 atom stereocenters. The molecule has 0 saturated heterocycles. The second-order valence-electron chi connectivity index (χ2n) is 1.39. The molecule has 0 saturated carbocycles. The van der Waals surface area contributed by atoms with Crippen molar-refractivity contribution < 1.29 is 11.0 Å². The van der Waals surface area contributed by atoms with Crippen molar-refractivity contribution in [1.29, 1.82) is 0 Å². The van der Waals surface area contributed by atoms with Crippen molar-refractivity contribution in [3.8, 4) is 0 Å². The van der Waals surface area contributed by atoms with Crippen molar-refractivity contribution >= 4 is 15.9 Å². The van der Waals surface area contributed by atoms with E-state index in [1.165, 1.54) is 0 Å². The molecule has 1 aromatic heterocycles. The zero-order valence-electron chi connectivity index (χ0n) is 12.3. The molecule has 0 radical (unpaired) electrons. The molecule has 0 bridgehead atoms. The molecule has 0 spiro atoms. The standard InChI is InChI=1S/C6H9BrN2/c1-4(2)6-8-3-5(7)9-6/h3-4H,1-2H3,(H,8,9)/i1D3,2D3,3D,4D. The van der Waals surface area contributed by atoms with Crippen LogP contribution in [0.4, 0.5) is 0 Å². The highest BCUT2D eigenvalue weighted by atomic mass is 79.9. The van der Waals surface area contributed by atoms with Crippen LogP contribution < -0.4 is 0 Å². The molecule has 3 heteroatoms. The highest BCUT2D eigenvalue weighted by Crippen LogP contribution is 2.12.